The van der Waals surface area contributed by atoms with Gasteiger partial charge in [0.1, 0.15) is 0 Å². The minimum Gasteiger partial charge on any atom is -0.326 e. The topological polar surface area (TPSA) is 63.3 Å². The zero-order valence-corrected chi connectivity index (χ0v) is 6.79. The normalized spacial score (nSPS) is 12.9. The van der Waals surface area contributed by atoms with E-state index in [9.17, 15) is 4.21 Å². The van der Waals surface area contributed by atoms with Crippen LogP contribution in [0.4, 0.5) is 0 Å². The molecule has 0 amide bonds. The van der Waals surface area contributed by atoms with Crippen molar-refractivity contribution in [3.8, 4) is 0 Å². The lowest BCUT2D eigenvalue weighted by Crippen LogP contribution is -1.96. The molecule has 0 radical (unpaired) electrons. The van der Waals surface area contributed by atoms with Gasteiger partial charge in [-0.15, -0.1) is 0 Å². The van der Waals surface area contributed by atoms with Crippen molar-refractivity contribution >= 4 is 11.1 Å². The lowest BCUT2D eigenvalue weighted by Gasteiger charge is -1.93. The molecule has 11 heavy (non-hydrogen) atoms. The van der Waals surface area contributed by atoms with Gasteiger partial charge in [0.25, 0.3) is 0 Å². The molecule has 0 fully saturated rings. The first-order valence-corrected chi connectivity index (χ1v) is 4.40. The van der Waals surface area contributed by atoms with Gasteiger partial charge in [0.05, 0.1) is 0 Å². The lowest BCUT2D eigenvalue weighted by molar-refractivity contribution is 0.519. The predicted octanol–water partition coefficient (Wildman–Crippen LogP) is 0.673. The fraction of sp³-hybridized carbons (Fsp3) is 0.143. The van der Waals surface area contributed by atoms with Gasteiger partial charge >= 0.3 is 0 Å². The first-order valence-electron chi connectivity index (χ1n) is 3.19. The Kier molecular flexibility index (Phi) is 2.76. The van der Waals surface area contributed by atoms with Crippen molar-refractivity contribution in [3.05, 3.63) is 29.8 Å². The van der Waals surface area contributed by atoms with Gasteiger partial charge in [-0.05, 0) is 17.7 Å². The molecule has 60 valence electrons. The SMILES string of the molecule is NCc1ccc([SH+](=O)O)cc1. The molecular formula is C7H10NO2S+. The Morgan fingerprint density at radius 1 is 1.36 bits per heavy atom. The van der Waals surface area contributed by atoms with Crippen molar-refractivity contribution in [3.63, 3.8) is 0 Å². The van der Waals surface area contributed by atoms with Gasteiger partial charge < -0.3 is 5.73 Å². The third-order valence-corrected chi connectivity index (χ3v) is 2.13. The minimum absolute atomic E-state index is 0.442. The Morgan fingerprint density at radius 3 is 2.27 bits per heavy atom. The van der Waals surface area contributed by atoms with Crippen molar-refractivity contribution in [1.29, 1.82) is 0 Å². The highest BCUT2D eigenvalue weighted by molar-refractivity contribution is 7.79. The second-order valence-corrected chi connectivity index (χ2v) is 3.21. The monoisotopic (exact) mass is 172 g/mol. The van der Waals surface area contributed by atoms with Gasteiger partial charge in [-0.1, -0.05) is 16.3 Å². The summed E-state index contributed by atoms with van der Waals surface area (Å²) in [7, 11) is 0. The second-order valence-electron chi connectivity index (χ2n) is 2.14. The van der Waals surface area contributed by atoms with E-state index in [1.807, 2.05) is 0 Å². The number of hydrogen-bond acceptors (Lipinski definition) is 2. The van der Waals surface area contributed by atoms with Crippen LogP contribution in [0.2, 0.25) is 0 Å². The molecule has 1 aromatic carbocycles. The molecule has 3 nitrogen and oxygen atoms in total. The molecule has 1 rings (SSSR count). The van der Waals surface area contributed by atoms with Crippen LogP contribution in [0.15, 0.2) is 29.2 Å². The van der Waals surface area contributed by atoms with E-state index < -0.39 is 11.1 Å². The first kappa shape index (κ1) is 8.39. The Labute approximate surface area is 67.5 Å². The quantitative estimate of drug-likeness (QED) is 0.509. The third kappa shape index (κ3) is 2.11. The molecule has 0 aliphatic rings. The maximum atomic E-state index is 10.5. The second kappa shape index (κ2) is 3.61. The predicted molar refractivity (Wildman–Crippen MR) is 44.7 cm³/mol. The van der Waals surface area contributed by atoms with E-state index in [0.29, 0.717) is 11.4 Å². The highest BCUT2D eigenvalue weighted by atomic mass is 32.2. The number of benzene rings is 1. The summed E-state index contributed by atoms with van der Waals surface area (Å²) in [5.41, 5.74) is 6.30. The average Bonchev–Trinajstić information content (AvgIpc) is 2.05. The fourth-order valence-electron chi connectivity index (χ4n) is 0.760. The van der Waals surface area contributed by atoms with E-state index in [-0.39, 0.29) is 0 Å². The van der Waals surface area contributed by atoms with Crippen LogP contribution in [0.25, 0.3) is 0 Å². The van der Waals surface area contributed by atoms with Gasteiger partial charge in [0, 0.05) is 6.54 Å². The Hall–Kier alpha value is -0.710. The van der Waals surface area contributed by atoms with Crippen LogP contribution in [0.3, 0.4) is 0 Å². The van der Waals surface area contributed by atoms with Crippen molar-refractivity contribution in [2.45, 2.75) is 11.4 Å². The van der Waals surface area contributed by atoms with E-state index in [1.165, 1.54) is 0 Å². The van der Waals surface area contributed by atoms with Crippen molar-refractivity contribution in [2.75, 3.05) is 0 Å². The van der Waals surface area contributed by atoms with Crippen LogP contribution >= 0.6 is 0 Å². The largest absolute Gasteiger partial charge is 0.326 e. The number of thiol groups is 1. The molecule has 1 aromatic rings. The Balaban J connectivity index is 2.91. The smallest absolute Gasteiger partial charge is 0.235 e. The summed E-state index contributed by atoms with van der Waals surface area (Å²) >= 11 is -2.20. The highest BCUT2D eigenvalue weighted by Crippen LogP contribution is 2.06. The zero-order chi connectivity index (χ0) is 8.27. The van der Waals surface area contributed by atoms with Gasteiger partial charge in [-0.2, -0.15) is 4.55 Å². The van der Waals surface area contributed by atoms with Gasteiger partial charge in [0.15, 0.2) is 4.90 Å². The van der Waals surface area contributed by atoms with Crippen molar-refractivity contribution in [1.82, 2.24) is 0 Å². The van der Waals surface area contributed by atoms with E-state index in [1.54, 1.807) is 24.3 Å². The molecule has 0 aliphatic heterocycles. The molecule has 0 heterocycles. The molecule has 3 N–H and O–H groups in total. The summed E-state index contributed by atoms with van der Waals surface area (Å²) in [6.07, 6.45) is 0. The molecule has 0 aromatic heterocycles. The number of nitrogens with two attached hydrogens (primary N) is 1. The van der Waals surface area contributed by atoms with E-state index in [0.717, 1.165) is 5.56 Å². The molecule has 0 saturated heterocycles. The zero-order valence-electron chi connectivity index (χ0n) is 5.90. The van der Waals surface area contributed by atoms with Gasteiger partial charge in [0.2, 0.25) is 11.1 Å². The summed E-state index contributed by atoms with van der Waals surface area (Å²) in [6.45, 7) is 0.461. The molecule has 4 heteroatoms. The Morgan fingerprint density at radius 2 is 1.91 bits per heavy atom. The summed E-state index contributed by atoms with van der Waals surface area (Å²) in [4.78, 5) is 0.442. The molecule has 1 unspecified atom stereocenters. The molecule has 0 bridgehead atoms. The molecule has 1 atom stereocenters. The van der Waals surface area contributed by atoms with E-state index >= 15 is 0 Å². The average molecular weight is 172 g/mol. The molecule has 0 saturated carbocycles. The maximum absolute atomic E-state index is 10.5. The lowest BCUT2D eigenvalue weighted by atomic mass is 10.2. The van der Waals surface area contributed by atoms with Crippen LogP contribution in [-0.2, 0) is 21.8 Å². The van der Waals surface area contributed by atoms with Crippen LogP contribution < -0.4 is 5.73 Å². The van der Waals surface area contributed by atoms with Crippen molar-refractivity contribution in [2.24, 2.45) is 5.73 Å². The van der Waals surface area contributed by atoms with Crippen LogP contribution in [0.5, 0.6) is 0 Å². The van der Waals surface area contributed by atoms with Crippen molar-refractivity contribution < 1.29 is 8.76 Å². The fourth-order valence-corrected chi connectivity index (χ4v) is 1.16. The van der Waals surface area contributed by atoms with Gasteiger partial charge in [-0.3, -0.25) is 0 Å². The summed E-state index contributed by atoms with van der Waals surface area (Å²) in [5.74, 6) is 0. The third-order valence-electron chi connectivity index (χ3n) is 1.39. The number of rotatable bonds is 2. The van der Waals surface area contributed by atoms with Crippen LogP contribution in [0, 0.1) is 0 Å². The summed E-state index contributed by atoms with van der Waals surface area (Å²) in [5, 5.41) is 0. The summed E-state index contributed by atoms with van der Waals surface area (Å²) in [6, 6.07) is 6.72. The van der Waals surface area contributed by atoms with Crippen LogP contribution in [-0.4, -0.2) is 4.55 Å². The van der Waals surface area contributed by atoms with E-state index in [2.05, 4.69) is 0 Å². The molecule has 0 spiro atoms. The summed E-state index contributed by atoms with van der Waals surface area (Å²) < 4.78 is 19.2. The molecular weight excluding hydrogens is 162 g/mol. The molecule has 0 aliphatic carbocycles. The van der Waals surface area contributed by atoms with Gasteiger partial charge in [-0.25, -0.2) is 0 Å². The standard InChI is InChI=1S/C7H9NO2S/c8-5-6-1-3-7(4-2-6)11(9)10/h1-4H,5,8H2,(H,9,10)/p+1. The number of hydrogen-bond donors (Lipinski definition) is 2. The Bertz CT molecular complexity index is 258. The maximum Gasteiger partial charge on any atom is 0.235 e. The minimum atomic E-state index is -2.20. The van der Waals surface area contributed by atoms with Crippen LogP contribution in [0.1, 0.15) is 5.56 Å². The first-order chi connectivity index (χ1) is 5.24. The highest BCUT2D eigenvalue weighted by Gasteiger charge is 2.03. The van der Waals surface area contributed by atoms with E-state index in [4.69, 9.17) is 10.3 Å².